The minimum Gasteiger partial charge on any atom is -0.352 e. The van der Waals surface area contributed by atoms with Gasteiger partial charge in [0.05, 0.1) is 12.2 Å². The topological polar surface area (TPSA) is 118 Å². The number of aromatic nitrogens is 3. The molecule has 0 aliphatic carbocycles. The van der Waals surface area contributed by atoms with E-state index in [1.54, 1.807) is 46.7 Å². The number of carbonyl (C=O) groups excluding carboxylic acids is 3. The molecule has 3 rings (SSSR count). The second-order valence-corrected chi connectivity index (χ2v) is 6.86. The first-order valence-electron chi connectivity index (χ1n) is 8.94. The first-order chi connectivity index (χ1) is 14.1. The Bertz CT molecular complexity index is 939. The predicted octanol–water partition coefficient (Wildman–Crippen LogP) is 1.59. The highest BCUT2D eigenvalue weighted by molar-refractivity contribution is 7.08. The maximum Gasteiger partial charge on any atom is 0.252 e. The van der Waals surface area contributed by atoms with Crippen molar-refractivity contribution in [3.63, 3.8) is 0 Å². The molecule has 0 atom stereocenters. The number of thiophene rings is 1. The SMILES string of the molecule is O=C(CCCNC(=O)c1ccsc1)NCC(=O)Nc1ccc(-n2cncn2)cc1. The van der Waals surface area contributed by atoms with E-state index in [-0.39, 0.29) is 30.7 Å². The van der Waals surface area contributed by atoms with Crippen molar-refractivity contribution in [2.45, 2.75) is 12.8 Å². The number of anilines is 1. The van der Waals surface area contributed by atoms with Crippen molar-refractivity contribution in [3.8, 4) is 5.69 Å². The Morgan fingerprint density at radius 3 is 2.55 bits per heavy atom. The maximum atomic E-state index is 12.0. The maximum absolute atomic E-state index is 12.0. The van der Waals surface area contributed by atoms with Gasteiger partial charge in [0.25, 0.3) is 5.91 Å². The molecular weight excluding hydrogens is 392 g/mol. The van der Waals surface area contributed by atoms with Crippen molar-refractivity contribution in [1.29, 1.82) is 0 Å². The zero-order valence-electron chi connectivity index (χ0n) is 15.5. The zero-order valence-corrected chi connectivity index (χ0v) is 16.3. The van der Waals surface area contributed by atoms with Crippen molar-refractivity contribution >= 4 is 34.7 Å². The monoisotopic (exact) mass is 412 g/mol. The Kier molecular flexibility index (Phi) is 7.06. The number of rotatable bonds is 9. The molecule has 1 aromatic carbocycles. The van der Waals surface area contributed by atoms with Gasteiger partial charge in [0.1, 0.15) is 12.7 Å². The third-order valence-corrected chi connectivity index (χ3v) is 4.61. The third-order valence-electron chi connectivity index (χ3n) is 3.93. The molecule has 10 heteroatoms. The zero-order chi connectivity index (χ0) is 20.5. The summed E-state index contributed by atoms with van der Waals surface area (Å²) in [6.45, 7) is 0.275. The first-order valence-corrected chi connectivity index (χ1v) is 9.88. The van der Waals surface area contributed by atoms with Gasteiger partial charge in [-0.15, -0.1) is 0 Å². The van der Waals surface area contributed by atoms with Crippen molar-refractivity contribution in [2.24, 2.45) is 0 Å². The van der Waals surface area contributed by atoms with Crippen LogP contribution >= 0.6 is 11.3 Å². The Hall–Kier alpha value is -3.53. The largest absolute Gasteiger partial charge is 0.352 e. The van der Waals surface area contributed by atoms with Gasteiger partial charge in [0.15, 0.2) is 0 Å². The van der Waals surface area contributed by atoms with Crippen LogP contribution in [0.4, 0.5) is 5.69 Å². The van der Waals surface area contributed by atoms with E-state index in [9.17, 15) is 14.4 Å². The smallest absolute Gasteiger partial charge is 0.252 e. The van der Waals surface area contributed by atoms with Crippen LogP contribution in [0.2, 0.25) is 0 Å². The van der Waals surface area contributed by atoms with Gasteiger partial charge in [-0.25, -0.2) is 9.67 Å². The van der Waals surface area contributed by atoms with Gasteiger partial charge >= 0.3 is 0 Å². The second-order valence-electron chi connectivity index (χ2n) is 6.08. The fraction of sp³-hybridized carbons (Fsp3) is 0.211. The van der Waals surface area contributed by atoms with Crippen LogP contribution in [0, 0.1) is 0 Å². The lowest BCUT2D eigenvalue weighted by atomic mass is 10.2. The molecule has 0 aliphatic rings. The summed E-state index contributed by atoms with van der Waals surface area (Å²) in [5, 5.41) is 15.7. The number of carbonyl (C=O) groups is 3. The molecule has 0 fully saturated rings. The highest BCUT2D eigenvalue weighted by Gasteiger charge is 2.08. The van der Waals surface area contributed by atoms with Gasteiger partial charge in [0, 0.05) is 29.6 Å². The fourth-order valence-corrected chi connectivity index (χ4v) is 3.09. The van der Waals surface area contributed by atoms with Crippen molar-refractivity contribution in [1.82, 2.24) is 25.4 Å². The summed E-state index contributed by atoms with van der Waals surface area (Å²) < 4.78 is 1.61. The molecule has 2 heterocycles. The molecule has 0 spiro atoms. The highest BCUT2D eigenvalue weighted by Crippen LogP contribution is 2.12. The van der Waals surface area contributed by atoms with Gasteiger partial charge in [-0.05, 0) is 42.1 Å². The van der Waals surface area contributed by atoms with Gasteiger partial charge < -0.3 is 16.0 Å². The average Bonchev–Trinajstić information content (AvgIpc) is 3.44. The lowest BCUT2D eigenvalue weighted by Gasteiger charge is -2.08. The first kappa shape index (κ1) is 20.2. The normalized spacial score (nSPS) is 10.3. The standard InChI is InChI=1S/C19H20N6O3S/c26-17(2-1-8-21-19(28)14-7-9-29-11-14)22-10-18(27)24-15-3-5-16(6-4-15)25-13-20-12-23-25/h3-7,9,11-13H,1-2,8,10H2,(H,21,28)(H,22,26)(H,24,27). The van der Waals surface area contributed by atoms with Crippen LogP contribution in [0.1, 0.15) is 23.2 Å². The van der Waals surface area contributed by atoms with E-state index in [2.05, 4.69) is 26.0 Å². The van der Waals surface area contributed by atoms with Crippen LogP contribution in [0.15, 0.2) is 53.7 Å². The minimum absolute atomic E-state index is 0.120. The van der Waals surface area contributed by atoms with Crippen LogP contribution < -0.4 is 16.0 Å². The van der Waals surface area contributed by atoms with Gasteiger partial charge in [-0.2, -0.15) is 16.4 Å². The van der Waals surface area contributed by atoms with Crippen molar-refractivity contribution < 1.29 is 14.4 Å². The Labute approximate surface area is 171 Å². The molecule has 0 unspecified atom stereocenters. The number of hydrogen-bond donors (Lipinski definition) is 3. The molecule has 0 saturated heterocycles. The fourth-order valence-electron chi connectivity index (χ4n) is 2.46. The molecule has 0 bridgehead atoms. The summed E-state index contributed by atoms with van der Waals surface area (Å²) in [6, 6.07) is 8.83. The molecular formula is C19H20N6O3S. The molecule has 3 aromatic rings. The Morgan fingerprint density at radius 2 is 1.86 bits per heavy atom. The number of nitrogens with one attached hydrogen (secondary N) is 3. The van der Waals surface area contributed by atoms with E-state index >= 15 is 0 Å². The molecule has 9 nitrogen and oxygen atoms in total. The van der Waals surface area contributed by atoms with Gasteiger partial charge in [0.2, 0.25) is 11.8 Å². The molecule has 29 heavy (non-hydrogen) atoms. The van der Waals surface area contributed by atoms with E-state index in [1.165, 1.54) is 17.7 Å². The van der Waals surface area contributed by atoms with Crippen LogP contribution in [0.3, 0.4) is 0 Å². The van der Waals surface area contributed by atoms with E-state index in [1.807, 2.05) is 5.38 Å². The lowest BCUT2D eigenvalue weighted by molar-refractivity contribution is -0.124. The quantitative estimate of drug-likeness (QED) is 0.461. The number of amides is 3. The molecule has 3 amide bonds. The molecule has 3 N–H and O–H groups in total. The van der Waals surface area contributed by atoms with Crippen LogP contribution in [0.25, 0.3) is 5.69 Å². The van der Waals surface area contributed by atoms with E-state index in [0.29, 0.717) is 24.2 Å². The van der Waals surface area contributed by atoms with Crippen LogP contribution in [0.5, 0.6) is 0 Å². The van der Waals surface area contributed by atoms with Crippen LogP contribution in [-0.4, -0.2) is 45.6 Å². The van der Waals surface area contributed by atoms with E-state index in [4.69, 9.17) is 0 Å². The summed E-state index contributed by atoms with van der Waals surface area (Å²) in [5.74, 6) is -0.718. The summed E-state index contributed by atoms with van der Waals surface area (Å²) in [4.78, 5) is 39.4. The third kappa shape index (κ3) is 6.25. The minimum atomic E-state index is -0.322. The summed E-state index contributed by atoms with van der Waals surface area (Å²) in [5.41, 5.74) is 2.05. The van der Waals surface area contributed by atoms with Crippen LogP contribution in [-0.2, 0) is 9.59 Å². The van der Waals surface area contributed by atoms with E-state index in [0.717, 1.165) is 5.69 Å². The molecule has 0 radical (unpaired) electrons. The predicted molar refractivity (Wildman–Crippen MR) is 109 cm³/mol. The molecule has 150 valence electrons. The number of hydrogen-bond acceptors (Lipinski definition) is 6. The summed E-state index contributed by atoms with van der Waals surface area (Å²) in [6.07, 6.45) is 3.74. The lowest BCUT2D eigenvalue weighted by Crippen LogP contribution is -2.33. The summed E-state index contributed by atoms with van der Waals surface area (Å²) >= 11 is 1.45. The highest BCUT2D eigenvalue weighted by atomic mass is 32.1. The van der Waals surface area contributed by atoms with Gasteiger partial charge in [-0.3, -0.25) is 14.4 Å². The Morgan fingerprint density at radius 1 is 1.03 bits per heavy atom. The summed E-state index contributed by atoms with van der Waals surface area (Å²) in [7, 11) is 0. The van der Waals surface area contributed by atoms with Gasteiger partial charge in [-0.1, -0.05) is 0 Å². The number of nitrogens with zero attached hydrogens (tertiary/aromatic N) is 3. The number of benzene rings is 1. The molecule has 0 saturated carbocycles. The second kappa shape index (κ2) is 10.1. The van der Waals surface area contributed by atoms with Crippen molar-refractivity contribution in [3.05, 3.63) is 59.3 Å². The van der Waals surface area contributed by atoms with E-state index < -0.39 is 0 Å². The molecule has 0 aliphatic heterocycles. The molecule has 2 aromatic heterocycles. The average molecular weight is 412 g/mol. The Balaban J connectivity index is 1.31. The van der Waals surface area contributed by atoms with Crippen molar-refractivity contribution in [2.75, 3.05) is 18.4 Å².